The first-order chi connectivity index (χ1) is 11.4. The standard InChI is InChI=1S/C17H18O3S.O3S/c1-11-4-6-13-14-7-5-12(2)9-16(14)17(3,15(13)8-11)10-21(18,19)20;1-4(2)3/h4-9H,10H2,1-3H3,(H,18,19,20);. The van der Waals surface area contributed by atoms with Crippen LogP contribution in [0.2, 0.25) is 0 Å². The molecule has 0 radical (unpaired) electrons. The van der Waals surface area contributed by atoms with Gasteiger partial charge in [0.25, 0.3) is 10.1 Å². The zero-order valence-electron chi connectivity index (χ0n) is 14.0. The third-order valence-corrected chi connectivity index (χ3v) is 5.24. The van der Waals surface area contributed by atoms with E-state index in [0.29, 0.717) is 0 Å². The Morgan fingerprint density at radius 2 is 1.28 bits per heavy atom. The van der Waals surface area contributed by atoms with E-state index in [1.165, 1.54) is 0 Å². The number of benzene rings is 2. The maximum atomic E-state index is 11.5. The maximum absolute atomic E-state index is 11.5. The van der Waals surface area contributed by atoms with Gasteiger partial charge in [0.15, 0.2) is 0 Å². The van der Waals surface area contributed by atoms with Crippen molar-refractivity contribution in [2.45, 2.75) is 26.2 Å². The van der Waals surface area contributed by atoms with Gasteiger partial charge < -0.3 is 0 Å². The lowest BCUT2D eigenvalue weighted by Crippen LogP contribution is -2.30. The van der Waals surface area contributed by atoms with Crippen molar-refractivity contribution in [2.24, 2.45) is 0 Å². The van der Waals surface area contributed by atoms with Gasteiger partial charge in [-0.2, -0.15) is 8.42 Å². The first-order valence-electron chi connectivity index (χ1n) is 7.38. The van der Waals surface area contributed by atoms with Gasteiger partial charge in [0.2, 0.25) is 0 Å². The monoisotopic (exact) mass is 382 g/mol. The van der Waals surface area contributed by atoms with Gasteiger partial charge in [-0.1, -0.05) is 54.4 Å². The number of aryl methyl sites for hydroxylation is 2. The highest BCUT2D eigenvalue weighted by molar-refractivity contribution is 7.85. The molecule has 2 aromatic carbocycles. The molecule has 0 bridgehead atoms. The van der Waals surface area contributed by atoms with Crippen LogP contribution < -0.4 is 0 Å². The fourth-order valence-corrected chi connectivity index (χ4v) is 4.40. The van der Waals surface area contributed by atoms with E-state index in [-0.39, 0.29) is 5.75 Å². The predicted octanol–water partition coefficient (Wildman–Crippen LogP) is 2.47. The molecule has 0 atom stereocenters. The molecule has 0 amide bonds. The molecule has 1 N–H and O–H groups in total. The second-order valence-electron chi connectivity index (χ2n) is 6.36. The van der Waals surface area contributed by atoms with Crippen LogP contribution in [0.25, 0.3) is 11.1 Å². The first-order valence-corrected chi connectivity index (χ1v) is 9.99. The average Bonchev–Trinajstić information content (AvgIpc) is 2.66. The number of hydrogen-bond acceptors (Lipinski definition) is 5. The molecule has 0 saturated carbocycles. The fraction of sp³-hybridized carbons (Fsp3) is 0.294. The second kappa shape index (κ2) is 6.70. The number of fused-ring (bicyclic) bond motifs is 3. The Balaban J connectivity index is 0.000000511. The molecule has 134 valence electrons. The molecule has 8 heteroatoms. The molecule has 0 saturated heterocycles. The molecule has 0 unspecified atom stereocenters. The molecule has 1 aliphatic rings. The van der Waals surface area contributed by atoms with Crippen molar-refractivity contribution in [3.05, 3.63) is 58.7 Å². The molecule has 1 aliphatic carbocycles. The molecule has 2 aromatic rings. The Morgan fingerprint density at radius 1 is 0.920 bits per heavy atom. The Hall–Kier alpha value is -2.03. The molecule has 25 heavy (non-hydrogen) atoms. The quantitative estimate of drug-likeness (QED) is 0.800. The molecular weight excluding hydrogens is 364 g/mol. The van der Waals surface area contributed by atoms with Crippen LogP contribution in [0.15, 0.2) is 36.4 Å². The zero-order valence-corrected chi connectivity index (χ0v) is 15.6. The van der Waals surface area contributed by atoms with Crippen LogP contribution in [0.3, 0.4) is 0 Å². The molecule has 3 rings (SSSR count). The first kappa shape index (κ1) is 19.3. The van der Waals surface area contributed by atoms with Crippen molar-refractivity contribution in [2.75, 3.05) is 5.75 Å². The van der Waals surface area contributed by atoms with Gasteiger partial charge >= 0.3 is 10.6 Å². The van der Waals surface area contributed by atoms with Gasteiger partial charge in [-0.3, -0.25) is 4.55 Å². The summed E-state index contributed by atoms with van der Waals surface area (Å²) in [6.45, 7) is 5.87. The van der Waals surface area contributed by atoms with Crippen molar-refractivity contribution in [3.8, 4) is 11.1 Å². The smallest absolute Gasteiger partial charge is 0.286 e. The van der Waals surface area contributed by atoms with Gasteiger partial charge in [0, 0.05) is 5.41 Å². The van der Waals surface area contributed by atoms with Crippen molar-refractivity contribution in [3.63, 3.8) is 0 Å². The summed E-state index contributed by atoms with van der Waals surface area (Å²) >= 11 is 0. The number of hydrogen-bond donors (Lipinski definition) is 1. The molecule has 0 heterocycles. The van der Waals surface area contributed by atoms with Gasteiger partial charge in [-0.05, 0) is 36.1 Å². The normalized spacial score (nSPS) is 14.1. The van der Waals surface area contributed by atoms with Crippen LogP contribution in [0, 0.1) is 13.8 Å². The summed E-state index contributed by atoms with van der Waals surface area (Å²) in [7, 11) is -7.19. The third kappa shape index (κ3) is 4.15. The van der Waals surface area contributed by atoms with Crippen molar-refractivity contribution >= 4 is 20.7 Å². The highest BCUT2D eigenvalue weighted by Gasteiger charge is 2.42. The van der Waals surface area contributed by atoms with Crippen LogP contribution in [-0.4, -0.2) is 31.4 Å². The molecule has 0 aliphatic heterocycles. The summed E-state index contributed by atoms with van der Waals surface area (Å²) in [5.74, 6) is -0.299. The van der Waals surface area contributed by atoms with E-state index in [9.17, 15) is 13.0 Å². The summed E-state index contributed by atoms with van der Waals surface area (Å²) in [6, 6.07) is 12.2. The minimum absolute atomic E-state index is 0.299. The third-order valence-electron chi connectivity index (χ3n) is 4.30. The van der Waals surface area contributed by atoms with Crippen LogP contribution in [0.1, 0.15) is 29.2 Å². The Kier molecular flexibility index (Phi) is 5.17. The lowest BCUT2D eigenvalue weighted by molar-refractivity contribution is 0.468. The van der Waals surface area contributed by atoms with Gasteiger partial charge in [0.05, 0.1) is 5.75 Å². The van der Waals surface area contributed by atoms with E-state index >= 15 is 0 Å². The van der Waals surface area contributed by atoms with E-state index in [1.807, 2.05) is 57.2 Å². The molecule has 0 aromatic heterocycles. The van der Waals surface area contributed by atoms with Crippen LogP contribution >= 0.6 is 0 Å². The molecule has 6 nitrogen and oxygen atoms in total. The van der Waals surface area contributed by atoms with Gasteiger partial charge in [-0.15, -0.1) is 12.6 Å². The summed E-state index contributed by atoms with van der Waals surface area (Å²) in [5.41, 5.74) is 5.51. The summed E-state index contributed by atoms with van der Waals surface area (Å²) in [4.78, 5) is 0. The predicted molar refractivity (Wildman–Crippen MR) is 93.9 cm³/mol. The summed E-state index contributed by atoms with van der Waals surface area (Å²) < 4.78 is 57.8. The minimum atomic E-state index is -4.08. The highest BCUT2D eigenvalue weighted by atomic mass is 32.2. The minimum Gasteiger partial charge on any atom is -0.286 e. The molecule has 0 spiro atoms. The zero-order chi connectivity index (χ0) is 19.0. The van der Waals surface area contributed by atoms with Gasteiger partial charge in [0.1, 0.15) is 0 Å². The summed E-state index contributed by atoms with van der Waals surface area (Å²) in [5, 5.41) is 0. The van der Waals surface area contributed by atoms with E-state index in [1.54, 1.807) is 0 Å². The maximum Gasteiger partial charge on any atom is 0.425 e. The summed E-state index contributed by atoms with van der Waals surface area (Å²) in [6.07, 6.45) is 0. The Labute approximate surface area is 148 Å². The lowest BCUT2D eigenvalue weighted by atomic mass is 9.81. The van der Waals surface area contributed by atoms with Crippen LogP contribution in [-0.2, 0) is 26.1 Å². The van der Waals surface area contributed by atoms with Crippen molar-refractivity contribution in [1.82, 2.24) is 0 Å². The highest BCUT2D eigenvalue weighted by Crippen LogP contribution is 2.49. The van der Waals surface area contributed by atoms with Crippen molar-refractivity contribution < 1.29 is 25.6 Å². The van der Waals surface area contributed by atoms with E-state index in [4.69, 9.17) is 12.6 Å². The van der Waals surface area contributed by atoms with E-state index in [0.717, 1.165) is 33.4 Å². The Bertz CT molecular complexity index is 979. The van der Waals surface area contributed by atoms with Crippen LogP contribution in [0.4, 0.5) is 0 Å². The largest absolute Gasteiger partial charge is 0.425 e. The second-order valence-corrected chi connectivity index (χ2v) is 8.22. The molecule has 0 fully saturated rings. The number of rotatable bonds is 2. The van der Waals surface area contributed by atoms with Crippen LogP contribution in [0.5, 0.6) is 0 Å². The molecular formula is C17H18O6S2. The van der Waals surface area contributed by atoms with Crippen molar-refractivity contribution in [1.29, 1.82) is 0 Å². The van der Waals surface area contributed by atoms with E-state index in [2.05, 4.69) is 0 Å². The topological polar surface area (TPSA) is 106 Å². The lowest BCUT2D eigenvalue weighted by Gasteiger charge is -2.26. The van der Waals surface area contributed by atoms with E-state index < -0.39 is 26.1 Å². The Morgan fingerprint density at radius 3 is 1.60 bits per heavy atom. The fourth-order valence-electron chi connectivity index (χ4n) is 3.36. The SMILES string of the molecule is Cc1ccc2c(c1)C(C)(CS(=O)(=O)O)c1cc(C)ccc1-2.O=S(=O)=O. The van der Waals surface area contributed by atoms with Gasteiger partial charge in [-0.25, -0.2) is 0 Å². The average molecular weight is 382 g/mol.